The van der Waals surface area contributed by atoms with Gasteiger partial charge in [-0.1, -0.05) is 72.0 Å². The summed E-state index contributed by atoms with van der Waals surface area (Å²) in [4.78, 5) is 26.8. The van der Waals surface area contributed by atoms with Gasteiger partial charge in [0.25, 0.3) is 0 Å². The third-order valence-corrected chi connectivity index (χ3v) is 8.26. The molecule has 2 fully saturated rings. The molecule has 6 atom stereocenters. The number of cyclic esters (lactones) is 1. The van der Waals surface area contributed by atoms with E-state index in [2.05, 4.69) is 39.8 Å². The van der Waals surface area contributed by atoms with E-state index in [0.717, 1.165) is 51.4 Å². The predicted molar refractivity (Wildman–Crippen MR) is 114 cm³/mol. The average Bonchev–Trinajstić information content (AvgIpc) is 3.41. The molecule has 1 heterocycles. The Morgan fingerprint density at radius 1 is 1.21 bits per heavy atom. The predicted octanol–water partition coefficient (Wildman–Crippen LogP) is 5.70. The molecule has 1 saturated carbocycles. The summed E-state index contributed by atoms with van der Waals surface area (Å²) < 4.78 is 11.7. The van der Waals surface area contributed by atoms with E-state index in [9.17, 15) is 9.59 Å². The van der Waals surface area contributed by atoms with Crippen LogP contribution >= 0.6 is 0 Å². The molecule has 1 spiro atoms. The van der Waals surface area contributed by atoms with Crippen molar-refractivity contribution in [1.82, 2.24) is 0 Å². The van der Waals surface area contributed by atoms with Crippen molar-refractivity contribution in [3.8, 4) is 0 Å². The van der Waals surface area contributed by atoms with Gasteiger partial charge in [-0.3, -0.25) is 9.59 Å². The minimum absolute atomic E-state index is 0.110. The number of allylic oxidation sites excluding steroid dienone is 2. The van der Waals surface area contributed by atoms with Gasteiger partial charge in [0, 0.05) is 5.41 Å². The van der Waals surface area contributed by atoms with Crippen molar-refractivity contribution in [3.05, 3.63) is 12.2 Å². The monoisotopic (exact) mass is 404 g/mol. The number of rotatable bonds is 11. The Kier molecular flexibility index (Phi) is 7.11. The Bertz CT molecular complexity index is 626. The van der Waals surface area contributed by atoms with Crippen LogP contribution in [-0.4, -0.2) is 25.2 Å². The van der Waals surface area contributed by atoms with Crippen LogP contribution in [-0.2, 0) is 19.1 Å². The Morgan fingerprint density at radius 2 is 1.97 bits per heavy atom. The van der Waals surface area contributed by atoms with Crippen molar-refractivity contribution in [3.63, 3.8) is 0 Å². The molecule has 29 heavy (non-hydrogen) atoms. The molecule has 0 radical (unpaired) electrons. The van der Waals surface area contributed by atoms with Gasteiger partial charge in [0.1, 0.15) is 0 Å². The minimum atomic E-state index is -0.724. The molecule has 4 heteroatoms. The molecule has 0 aromatic heterocycles. The van der Waals surface area contributed by atoms with E-state index in [4.69, 9.17) is 9.47 Å². The van der Waals surface area contributed by atoms with Crippen molar-refractivity contribution < 1.29 is 19.1 Å². The molecule has 0 N–H and O–H groups in total. The smallest absolute Gasteiger partial charge is 0.314 e. The first kappa shape index (κ1) is 22.4. The number of fused-ring (bicyclic) bond motifs is 3. The second-order valence-corrected chi connectivity index (χ2v) is 9.60. The molecule has 0 aromatic carbocycles. The van der Waals surface area contributed by atoms with Crippen LogP contribution in [0.1, 0.15) is 85.5 Å². The first-order valence-corrected chi connectivity index (χ1v) is 12.0. The van der Waals surface area contributed by atoms with Gasteiger partial charge in [0.2, 0.25) is 0 Å². The molecule has 1 saturated heterocycles. The molecule has 6 unspecified atom stereocenters. The lowest BCUT2D eigenvalue weighted by molar-refractivity contribution is -0.169. The maximum Gasteiger partial charge on any atom is 0.314 e. The van der Waals surface area contributed by atoms with Crippen LogP contribution in [0, 0.1) is 34.5 Å². The highest BCUT2D eigenvalue weighted by Crippen LogP contribution is 2.69. The number of esters is 2. The molecular weight excluding hydrogens is 364 g/mol. The highest BCUT2D eigenvalue weighted by Gasteiger charge is 2.75. The molecule has 3 aliphatic rings. The summed E-state index contributed by atoms with van der Waals surface area (Å²) in [5.41, 5.74) is -0.973. The maximum atomic E-state index is 13.4. The summed E-state index contributed by atoms with van der Waals surface area (Å²) >= 11 is 0. The fraction of sp³-hybridized carbons (Fsp3) is 0.840. The Morgan fingerprint density at radius 3 is 2.62 bits per heavy atom. The zero-order chi connectivity index (χ0) is 21.1. The van der Waals surface area contributed by atoms with Crippen molar-refractivity contribution in [2.75, 3.05) is 13.2 Å². The maximum absolute atomic E-state index is 13.4. The molecule has 1 aliphatic heterocycles. The van der Waals surface area contributed by atoms with E-state index in [-0.39, 0.29) is 35.1 Å². The average molecular weight is 405 g/mol. The molecule has 4 nitrogen and oxygen atoms in total. The van der Waals surface area contributed by atoms with Crippen LogP contribution in [0.3, 0.4) is 0 Å². The zero-order valence-corrected chi connectivity index (χ0v) is 18.9. The van der Waals surface area contributed by atoms with Crippen molar-refractivity contribution in [1.29, 1.82) is 0 Å². The zero-order valence-electron chi connectivity index (χ0n) is 18.9. The summed E-state index contributed by atoms with van der Waals surface area (Å²) in [5.74, 6) is -0.0545. The second-order valence-electron chi connectivity index (χ2n) is 9.60. The Hall–Kier alpha value is -1.32. The van der Waals surface area contributed by atoms with Crippen LogP contribution in [0.4, 0.5) is 0 Å². The summed E-state index contributed by atoms with van der Waals surface area (Å²) in [6.07, 6.45) is 13.6. The van der Waals surface area contributed by atoms with Gasteiger partial charge < -0.3 is 9.47 Å². The SMILES string of the molecule is CCCCC(CC)COC(=O)C1C2C=CC(C2)C12C(=O)OCC2(CC)CCCC. The van der Waals surface area contributed by atoms with Gasteiger partial charge in [0.15, 0.2) is 0 Å². The summed E-state index contributed by atoms with van der Waals surface area (Å²) in [6.45, 7) is 9.63. The molecule has 0 aromatic rings. The van der Waals surface area contributed by atoms with Crippen LogP contribution in [0.15, 0.2) is 12.2 Å². The quantitative estimate of drug-likeness (QED) is 0.327. The Labute approximate surface area is 176 Å². The number of hydrogen-bond donors (Lipinski definition) is 0. The van der Waals surface area contributed by atoms with Crippen LogP contribution in [0.2, 0.25) is 0 Å². The van der Waals surface area contributed by atoms with E-state index < -0.39 is 5.41 Å². The topological polar surface area (TPSA) is 52.6 Å². The number of carbonyl (C=O) groups is 2. The third kappa shape index (κ3) is 3.55. The molecule has 0 amide bonds. The normalized spacial score (nSPS) is 36.0. The fourth-order valence-electron chi connectivity index (χ4n) is 6.45. The van der Waals surface area contributed by atoms with E-state index >= 15 is 0 Å². The lowest BCUT2D eigenvalue weighted by atomic mass is 9.52. The van der Waals surface area contributed by atoms with Gasteiger partial charge in [-0.15, -0.1) is 0 Å². The van der Waals surface area contributed by atoms with E-state index in [0.29, 0.717) is 19.1 Å². The first-order chi connectivity index (χ1) is 14.0. The molecule has 2 aliphatic carbocycles. The number of unbranched alkanes of at least 4 members (excludes halogenated alkanes) is 2. The van der Waals surface area contributed by atoms with Gasteiger partial charge in [-0.05, 0) is 43.4 Å². The standard InChI is InChI=1S/C25H40O4/c1-5-9-11-18(7-3)16-28-22(26)21-19-12-13-20(15-19)25(21)23(27)29-17-24(25,8-4)14-10-6-2/h12-13,18-21H,5-11,14-17H2,1-4H3. The van der Waals surface area contributed by atoms with Crippen LogP contribution in [0.25, 0.3) is 0 Å². The van der Waals surface area contributed by atoms with Crippen LogP contribution in [0.5, 0.6) is 0 Å². The highest BCUT2D eigenvalue weighted by atomic mass is 16.5. The largest absolute Gasteiger partial charge is 0.465 e. The van der Waals surface area contributed by atoms with Gasteiger partial charge in [-0.25, -0.2) is 0 Å². The van der Waals surface area contributed by atoms with E-state index in [1.165, 1.54) is 6.42 Å². The molecule has 3 rings (SSSR count). The number of ether oxygens (including phenoxy) is 2. The van der Waals surface area contributed by atoms with Crippen molar-refractivity contribution in [2.24, 2.45) is 34.5 Å². The summed E-state index contributed by atoms with van der Waals surface area (Å²) in [7, 11) is 0. The van der Waals surface area contributed by atoms with Gasteiger partial charge in [0.05, 0.1) is 24.5 Å². The fourth-order valence-corrected chi connectivity index (χ4v) is 6.45. The van der Waals surface area contributed by atoms with Crippen molar-refractivity contribution >= 4 is 11.9 Å². The van der Waals surface area contributed by atoms with E-state index in [1.807, 2.05) is 0 Å². The molecule has 2 bridgehead atoms. The third-order valence-electron chi connectivity index (χ3n) is 8.26. The van der Waals surface area contributed by atoms with Gasteiger partial charge in [-0.2, -0.15) is 0 Å². The molecule has 164 valence electrons. The number of carbonyl (C=O) groups excluding carboxylic acids is 2. The summed E-state index contributed by atoms with van der Waals surface area (Å²) in [5, 5.41) is 0. The minimum Gasteiger partial charge on any atom is -0.465 e. The van der Waals surface area contributed by atoms with E-state index in [1.54, 1.807) is 0 Å². The first-order valence-electron chi connectivity index (χ1n) is 12.0. The van der Waals surface area contributed by atoms with Crippen molar-refractivity contribution in [2.45, 2.75) is 85.5 Å². The number of hydrogen-bond acceptors (Lipinski definition) is 4. The second kappa shape index (κ2) is 9.22. The van der Waals surface area contributed by atoms with Crippen LogP contribution < -0.4 is 0 Å². The van der Waals surface area contributed by atoms with Gasteiger partial charge >= 0.3 is 11.9 Å². The molecular formula is C25H40O4. The lowest BCUT2D eigenvalue weighted by Crippen LogP contribution is -2.54. The summed E-state index contributed by atoms with van der Waals surface area (Å²) in [6, 6.07) is 0. The lowest BCUT2D eigenvalue weighted by Gasteiger charge is -2.46. The highest BCUT2D eigenvalue weighted by molar-refractivity contribution is 5.90. The Balaban J connectivity index is 1.86.